The van der Waals surface area contributed by atoms with Gasteiger partial charge < -0.3 is 25.3 Å². The molecule has 146 valence electrons. The molecule has 0 bridgehead atoms. The third kappa shape index (κ3) is 3.68. The molecule has 4 aromatic rings. The van der Waals surface area contributed by atoms with Crippen molar-refractivity contribution in [3.05, 3.63) is 61.1 Å². The third-order valence-electron chi connectivity index (χ3n) is 4.31. The van der Waals surface area contributed by atoms with E-state index in [1.54, 1.807) is 38.6 Å². The Balaban J connectivity index is 1.68. The molecule has 2 aromatic carbocycles. The average molecular weight is 389 g/mol. The number of pyridine rings is 1. The minimum absolute atomic E-state index is 0.225. The summed E-state index contributed by atoms with van der Waals surface area (Å²) in [6, 6.07) is 14.9. The van der Waals surface area contributed by atoms with E-state index in [4.69, 9.17) is 19.9 Å². The molecule has 0 fully saturated rings. The molecular formula is C21H19N5O3. The highest BCUT2D eigenvalue weighted by molar-refractivity contribution is 5.85. The number of nitrogens with zero attached hydrogens (tertiary/aromatic N) is 3. The zero-order chi connectivity index (χ0) is 20.2. The van der Waals surface area contributed by atoms with E-state index in [2.05, 4.69) is 20.3 Å². The predicted octanol–water partition coefficient (Wildman–Crippen LogP) is 4.16. The van der Waals surface area contributed by atoms with Gasteiger partial charge >= 0.3 is 0 Å². The number of ether oxygens (including phenoxy) is 3. The fraction of sp³-hybridized carbons (Fsp3) is 0.0952. The first-order valence-electron chi connectivity index (χ1n) is 8.80. The van der Waals surface area contributed by atoms with Gasteiger partial charge in [-0.3, -0.25) is 4.98 Å². The third-order valence-corrected chi connectivity index (χ3v) is 4.31. The van der Waals surface area contributed by atoms with E-state index in [0.717, 1.165) is 10.9 Å². The maximum Gasteiger partial charge on any atom is 0.248 e. The molecule has 2 heterocycles. The van der Waals surface area contributed by atoms with Gasteiger partial charge in [-0.15, -0.1) is 0 Å². The Labute approximate surface area is 167 Å². The number of rotatable bonds is 6. The number of aromatic nitrogens is 3. The molecule has 0 saturated carbocycles. The summed E-state index contributed by atoms with van der Waals surface area (Å²) in [6.45, 7) is 0. The zero-order valence-electron chi connectivity index (χ0n) is 15.9. The van der Waals surface area contributed by atoms with Gasteiger partial charge in [-0.25, -0.2) is 4.98 Å². The van der Waals surface area contributed by atoms with E-state index in [9.17, 15) is 0 Å². The van der Waals surface area contributed by atoms with E-state index < -0.39 is 0 Å². The van der Waals surface area contributed by atoms with Crippen LogP contribution in [0.5, 0.6) is 23.1 Å². The van der Waals surface area contributed by atoms with Crippen LogP contribution in [0.1, 0.15) is 0 Å². The van der Waals surface area contributed by atoms with Crippen molar-refractivity contribution in [1.82, 2.24) is 15.0 Å². The Bertz CT molecular complexity index is 1160. The highest BCUT2D eigenvalue weighted by Crippen LogP contribution is 2.36. The van der Waals surface area contributed by atoms with Gasteiger partial charge in [-0.05, 0) is 24.3 Å². The number of hydrogen-bond donors (Lipinski definition) is 2. The molecule has 29 heavy (non-hydrogen) atoms. The SMILES string of the molecule is COc1ccc(OC)c(Nc2ncnc(Oc3cccc4cccnc34)c2N)c1. The van der Waals surface area contributed by atoms with Crippen LogP contribution in [0, 0.1) is 0 Å². The van der Waals surface area contributed by atoms with Crippen molar-refractivity contribution in [2.45, 2.75) is 0 Å². The molecule has 0 atom stereocenters. The molecule has 0 unspecified atom stereocenters. The number of benzene rings is 2. The number of hydrogen-bond acceptors (Lipinski definition) is 8. The fourth-order valence-electron chi connectivity index (χ4n) is 2.86. The first kappa shape index (κ1) is 18.3. The molecule has 0 aliphatic rings. The van der Waals surface area contributed by atoms with Gasteiger partial charge in [0.25, 0.3) is 0 Å². The van der Waals surface area contributed by atoms with Crippen LogP contribution in [-0.2, 0) is 0 Å². The molecule has 0 amide bonds. The number of fused-ring (bicyclic) bond motifs is 1. The van der Waals surface area contributed by atoms with Crippen LogP contribution in [0.3, 0.4) is 0 Å². The predicted molar refractivity (Wildman–Crippen MR) is 111 cm³/mol. The van der Waals surface area contributed by atoms with E-state index in [1.165, 1.54) is 6.33 Å². The van der Waals surface area contributed by atoms with Gasteiger partial charge in [-0.2, -0.15) is 4.98 Å². The second kappa shape index (κ2) is 7.89. The lowest BCUT2D eigenvalue weighted by molar-refractivity contribution is 0.405. The van der Waals surface area contributed by atoms with Crippen molar-refractivity contribution >= 4 is 28.1 Å². The van der Waals surface area contributed by atoms with E-state index in [-0.39, 0.29) is 11.6 Å². The maximum atomic E-state index is 6.28. The summed E-state index contributed by atoms with van der Waals surface area (Å²) in [6.07, 6.45) is 3.08. The molecule has 0 radical (unpaired) electrons. The van der Waals surface area contributed by atoms with E-state index in [0.29, 0.717) is 28.8 Å². The van der Waals surface area contributed by atoms with Crippen LogP contribution in [0.25, 0.3) is 10.9 Å². The summed E-state index contributed by atoms with van der Waals surface area (Å²) in [5.74, 6) is 2.44. The molecule has 8 nitrogen and oxygen atoms in total. The molecule has 0 spiro atoms. The van der Waals surface area contributed by atoms with Gasteiger partial charge in [0.2, 0.25) is 5.88 Å². The van der Waals surface area contributed by atoms with Crippen LogP contribution < -0.4 is 25.3 Å². The topological polar surface area (TPSA) is 104 Å². The average Bonchev–Trinajstić information content (AvgIpc) is 2.76. The summed E-state index contributed by atoms with van der Waals surface area (Å²) in [5, 5.41) is 4.11. The first-order valence-corrected chi connectivity index (χ1v) is 8.80. The second-order valence-electron chi connectivity index (χ2n) is 6.07. The van der Waals surface area contributed by atoms with Crippen molar-refractivity contribution in [3.63, 3.8) is 0 Å². The molecule has 8 heteroatoms. The van der Waals surface area contributed by atoms with Gasteiger partial charge in [0.05, 0.1) is 19.9 Å². The molecule has 0 aliphatic heterocycles. The largest absolute Gasteiger partial charge is 0.497 e. The molecule has 4 rings (SSSR count). The second-order valence-corrected chi connectivity index (χ2v) is 6.07. The number of methoxy groups -OCH3 is 2. The molecule has 3 N–H and O–H groups in total. The summed E-state index contributed by atoms with van der Waals surface area (Å²) < 4.78 is 16.6. The molecule has 0 saturated heterocycles. The standard InChI is InChI=1S/C21H19N5O3/c1-27-14-8-9-16(28-2)15(11-14)26-20-18(22)21(25-12-24-20)29-17-7-3-5-13-6-4-10-23-19(13)17/h3-12H,22H2,1-2H3,(H,24,25,26). The summed E-state index contributed by atoms with van der Waals surface area (Å²) in [5.41, 5.74) is 7.90. The number of para-hydroxylation sites is 1. The van der Waals surface area contributed by atoms with Crippen LogP contribution in [-0.4, -0.2) is 29.2 Å². The van der Waals surface area contributed by atoms with Crippen LogP contribution in [0.4, 0.5) is 17.2 Å². The highest BCUT2D eigenvalue weighted by Gasteiger charge is 2.14. The van der Waals surface area contributed by atoms with Crippen LogP contribution in [0.15, 0.2) is 61.1 Å². The van der Waals surface area contributed by atoms with Crippen molar-refractivity contribution in [1.29, 1.82) is 0 Å². The van der Waals surface area contributed by atoms with Crippen molar-refractivity contribution < 1.29 is 14.2 Å². The lowest BCUT2D eigenvalue weighted by Crippen LogP contribution is -2.04. The smallest absolute Gasteiger partial charge is 0.248 e. The minimum Gasteiger partial charge on any atom is -0.497 e. The summed E-state index contributed by atoms with van der Waals surface area (Å²) in [7, 11) is 3.17. The Morgan fingerprint density at radius 2 is 1.76 bits per heavy atom. The zero-order valence-corrected chi connectivity index (χ0v) is 15.9. The first-order chi connectivity index (χ1) is 14.2. The summed E-state index contributed by atoms with van der Waals surface area (Å²) >= 11 is 0. The molecule has 0 aliphatic carbocycles. The lowest BCUT2D eigenvalue weighted by Gasteiger charge is -2.15. The number of nitrogens with one attached hydrogen (secondary N) is 1. The van der Waals surface area contributed by atoms with Crippen LogP contribution in [0.2, 0.25) is 0 Å². The normalized spacial score (nSPS) is 10.6. The minimum atomic E-state index is 0.225. The molecule has 2 aromatic heterocycles. The Kier molecular flexibility index (Phi) is 4.98. The van der Waals surface area contributed by atoms with Gasteiger partial charge in [0.15, 0.2) is 11.6 Å². The quantitative estimate of drug-likeness (QED) is 0.506. The molecular weight excluding hydrogens is 370 g/mol. The van der Waals surface area contributed by atoms with Crippen molar-refractivity contribution in [2.24, 2.45) is 0 Å². The van der Waals surface area contributed by atoms with Gasteiger partial charge in [-0.1, -0.05) is 18.2 Å². The van der Waals surface area contributed by atoms with E-state index in [1.807, 2.05) is 30.3 Å². The van der Waals surface area contributed by atoms with Gasteiger partial charge in [0, 0.05) is 17.6 Å². The Hall–Kier alpha value is -4.07. The summed E-state index contributed by atoms with van der Waals surface area (Å²) in [4.78, 5) is 12.8. The maximum absolute atomic E-state index is 6.28. The Morgan fingerprint density at radius 1 is 0.897 bits per heavy atom. The number of nitrogens with two attached hydrogens (primary N) is 1. The number of anilines is 3. The fourth-order valence-corrected chi connectivity index (χ4v) is 2.86. The van der Waals surface area contributed by atoms with E-state index >= 15 is 0 Å². The highest BCUT2D eigenvalue weighted by atomic mass is 16.5. The van der Waals surface area contributed by atoms with Crippen molar-refractivity contribution in [2.75, 3.05) is 25.3 Å². The number of nitrogen functional groups attached to an aromatic ring is 1. The lowest BCUT2D eigenvalue weighted by atomic mass is 10.2. The monoisotopic (exact) mass is 389 g/mol. The van der Waals surface area contributed by atoms with Gasteiger partial charge in [0.1, 0.15) is 29.0 Å². The van der Waals surface area contributed by atoms with Crippen molar-refractivity contribution in [3.8, 4) is 23.1 Å². The van der Waals surface area contributed by atoms with Crippen LogP contribution >= 0.6 is 0 Å². The Morgan fingerprint density at radius 3 is 2.59 bits per heavy atom.